The minimum atomic E-state index is -5.18. The van der Waals surface area contributed by atoms with Crippen LogP contribution in [0.2, 0.25) is 0 Å². The van der Waals surface area contributed by atoms with E-state index in [1.807, 2.05) is 18.2 Å². The van der Waals surface area contributed by atoms with E-state index in [1.165, 1.54) is 6.07 Å². The Morgan fingerprint density at radius 1 is 1.17 bits per heavy atom. The van der Waals surface area contributed by atoms with Crippen molar-refractivity contribution in [3.8, 4) is 11.1 Å². The van der Waals surface area contributed by atoms with Crippen LogP contribution in [0.3, 0.4) is 0 Å². The number of rotatable bonds is 6. The number of anilines is 2. The van der Waals surface area contributed by atoms with Crippen molar-refractivity contribution >= 4 is 25.4 Å². The summed E-state index contributed by atoms with van der Waals surface area (Å²) in [5.74, 6) is 0.393. The predicted octanol–water partition coefficient (Wildman–Crippen LogP) is -4.09. The Bertz CT molecular complexity index is 1260. The molecule has 1 N–H and O–H groups in total. The van der Waals surface area contributed by atoms with Crippen LogP contribution in [0.15, 0.2) is 48.9 Å². The fourth-order valence-corrected chi connectivity index (χ4v) is 4.40. The third-order valence-corrected chi connectivity index (χ3v) is 6.09. The number of phosphoric ester groups is 1. The van der Waals surface area contributed by atoms with Gasteiger partial charge in [0.1, 0.15) is 17.7 Å². The van der Waals surface area contributed by atoms with E-state index in [9.17, 15) is 19.1 Å². The molecule has 1 amide bonds. The van der Waals surface area contributed by atoms with E-state index < -0.39 is 32.4 Å². The van der Waals surface area contributed by atoms with E-state index in [0.717, 1.165) is 28.4 Å². The molecule has 1 saturated heterocycles. The number of amides is 1. The molecule has 5 rings (SSSR count). The number of hydrogen-bond acceptors (Lipinski definition) is 8. The van der Waals surface area contributed by atoms with Crippen LogP contribution in [0.5, 0.6) is 0 Å². The van der Waals surface area contributed by atoms with E-state index in [0.29, 0.717) is 17.7 Å². The van der Waals surface area contributed by atoms with Crippen LogP contribution in [-0.2, 0) is 26.9 Å². The molecular formula is C21H18FN4Na2O6P. The van der Waals surface area contributed by atoms with Gasteiger partial charge in [0, 0.05) is 18.7 Å². The topological polar surface area (TPSA) is 134 Å². The van der Waals surface area contributed by atoms with Crippen molar-refractivity contribution in [2.24, 2.45) is 0 Å². The first-order valence-electron chi connectivity index (χ1n) is 10.1. The van der Waals surface area contributed by atoms with Gasteiger partial charge >= 0.3 is 65.2 Å². The van der Waals surface area contributed by atoms with Crippen LogP contribution < -0.4 is 78.7 Å². The summed E-state index contributed by atoms with van der Waals surface area (Å²) in [6.45, 7) is 0.751. The molecule has 10 nitrogen and oxygen atoms in total. The third kappa shape index (κ3) is 6.37. The average molecular weight is 518 g/mol. The van der Waals surface area contributed by atoms with Gasteiger partial charge in [-0.2, -0.15) is 0 Å². The molecule has 35 heavy (non-hydrogen) atoms. The Hall–Kier alpha value is -1.24. The van der Waals surface area contributed by atoms with Crippen LogP contribution in [0.1, 0.15) is 11.1 Å². The fraction of sp³-hybridized carbons (Fsp3) is 0.238. The molecule has 0 aliphatic carbocycles. The van der Waals surface area contributed by atoms with E-state index in [-0.39, 0.29) is 71.3 Å². The molecule has 172 valence electrons. The first-order chi connectivity index (χ1) is 15.8. The summed E-state index contributed by atoms with van der Waals surface area (Å²) < 4.78 is 34.8. The molecule has 0 saturated carbocycles. The quantitative estimate of drug-likeness (QED) is 0.257. The van der Waals surface area contributed by atoms with E-state index in [2.05, 4.69) is 19.4 Å². The number of nitrogens with zero attached hydrogens (tertiary/aromatic N) is 3. The summed E-state index contributed by atoms with van der Waals surface area (Å²) >= 11 is 0. The van der Waals surface area contributed by atoms with Crippen molar-refractivity contribution in [3.05, 3.63) is 65.9 Å². The number of phosphoric acid groups is 1. The number of hydrogen-bond donors (Lipinski definition) is 1. The number of carbonyl (C=O) groups is 1. The average Bonchev–Trinajstić information content (AvgIpc) is 3.50. The van der Waals surface area contributed by atoms with Gasteiger partial charge in [-0.3, -0.25) is 4.90 Å². The van der Waals surface area contributed by atoms with Gasteiger partial charge in [0.15, 0.2) is 0 Å². The molecule has 0 radical (unpaired) electrons. The molecule has 3 heterocycles. The van der Waals surface area contributed by atoms with Crippen LogP contribution >= 0.6 is 7.82 Å². The second-order valence-electron chi connectivity index (χ2n) is 7.80. The van der Waals surface area contributed by atoms with Gasteiger partial charge in [0.05, 0.1) is 39.2 Å². The van der Waals surface area contributed by atoms with Crippen molar-refractivity contribution in [3.63, 3.8) is 0 Å². The number of imidazole rings is 1. The summed E-state index contributed by atoms with van der Waals surface area (Å²) in [5, 5.41) is 0. The van der Waals surface area contributed by atoms with Gasteiger partial charge in [-0.1, -0.05) is 12.1 Å². The molecule has 1 aromatic heterocycles. The van der Waals surface area contributed by atoms with Gasteiger partial charge in [0.2, 0.25) is 0 Å². The maximum atomic E-state index is 15.0. The molecule has 0 bridgehead atoms. The molecule has 0 spiro atoms. The van der Waals surface area contributed by atoms with E-state index in [4.69, 9.17) is 4.74 Å². The molecule has 1 fully saturated rings. The zero-order chi connectivity index (χ0) is 23.2. The van der Waals surface area contributed by atoms with Crippen molar-refractivity contribution in [2.45, 2.75) is 19.2 Å². The number of carbonyl (C=O) groups excluding carboxylic acids is 1. The van der Waals surface area contributed by atoms with Crippen molar-refractivity contribution < 1.29 is 91.9 Å². The number of H-pyrrole nitrogens is 1. The standard InChI is InChI=1S/C21H20FN4O6P.2Na/c22-19-6-16(26-10-17(32-21(26)27)11-31-33(28,29)30)3-4-18(19)13-1-2-14-8-25(9-15(14)5-13)20-7-23-12-24-20;;/h1-7,12,17H,8-11H2,(H,23,24)(H2,28,29,30);;/q;2*+1/p-2/t17-;;/m1../s1. The Labute approximate surface area is 244 Å². The van der Waals surface area contributed by atoms with Crippen LogP contribution in [0, 0.1) is 5.82 Å². The first kappa shape index (κ1) is 28.3. The fourth-order valence-electron chi connectivity index (χ4n) is 4.05. The molecule has 3 aromatic rings. The number of nitrogens with one attached hydrogen (secondary N) is 1. The second kappa shape index (κ2) is 11.4. The van der Waals surface area contributed by atoms with E-state index >= 15 is 4.39 Å². The summed E-state index contributed by atoms with van der Waals surface area (Å²) in [6, 6.07) is 10.2. The molecule has 0 unspecified atom stereocenters. The largest absolute Gasteiger partial charge is 1.00 e. The van der Waals surface area contributed by atoms with Crippen molar-refractivity contribution in [1.29, 1.82) is 0 Å². The zero-order valence-corrected chi connectivity index (χ0v) is 24.0. The molecule has 1 atom stereocenters. The number of fused-ring (bicyclic) bond motifs is 1. The monoisotopic (exact) mass is 518 g/mol. The molecule has 2 aliphatic heterocycles. The number of benzene rings is 2. The predicted molar refractivity (Wildman–Crippen MR) is 111 cm³/mol. The third-order valence-electron chi connectivity index (χ3n) is 5.62. The van der Waals surface area contributed by atoms with Crippen LogP contribution in [-0.4, -0.2) is 35.3 Å². The Morgan fingerprint density at radius 2 is 1.94 bits per heavy atom. The van der Waals surface area contributed by atoms with Crippen LogP contribution in [0.25, 0.3) is 11.1 Å². The maximum Gasteiger partial charge on any atom is 1.00 e. The summed E-state index contributed by atoms with van der Waals surface area (Å²) in [5.41, 5.74) is 3.58. The molecule has 2 aromatic carbocycles. The zero-order valence-electron chi connectivity index (χ0n) is 19.1. The van der Waals surface area contributed by atoms with Gasteiger partial charge in [0.25, 0.3) is 0 Å². The number of cyclic esters (lactones) is 1. The van der Waals surface area contributed by atoms with Gasteiger partial charge < -0.3 is 33.5 Å². The van der Waals surface area contributed by atoms with E-state index in [1.54, 1.807) is 24.7 Å². The smallest absolute Gasteiger partial charge is 0.790 e. The summed E-state index contributed by atoms with van der Waals surface area (Å²) in [7, 11) is -5.18. The Balaban J connectivity index is 0.00000171. The van der Waals surface area contributed by atoms with Gasteiger partial charge in [-0.05, 0) is 41.0 Å². The Morgan fingerprint density at radius 3 is 2.63 bits per heavy atom. The van der Waals surface area contributed by atoms with Gasteiger partial charge in [-0.15, -0.1) is 0 Å². The molecule has 14 heteroatoms. The normalized spacial score (nSPS) is 17.0. The van der Waals surface area contributed by atoms with Gasteiger partial charge in [-0.25, -0.2) is 14.2 Å². The summed E-state index contributed by atoms with van der Waals surface area (Å²) in [6.07, 6.45) is 1.65. The maximum absolute atomic E-state index is 15.0. The van der Waals surface area contributed by atoms with Crippen LogP contribution in [0.4, 0.5) is 20.7 Å². The molecular weight excluding hydrogens is 500 g/mol. The number of aromatic nitrogens is 2. The number of halogens is 1. The molecule has 2 aliphatic rings. The Kier molecular flexibility index (Phi) is 9.26. The van der Waals surface area contributed by atoms with Crippen molar-refractivity contribution in [1.82, 2.24) is 9.97 Å². The number of aromatic amines is 1. The second-order valence-corrected chi connectivity index (χ2v) is 8.95. The SMILES string of the molecule is O=C1O[C@@H](COP(=O)([O-])[O-])CN1c1ccc(-c2ccc3c(c2)CN(c2cnc[nH]2)C3)c(F)c1.[Na+].[Na+]. The summed E-state index contributed by atoms with van der Waals surface area (Å²) in [4.78, 5) is 43.8. The first-order valence-corrected chi connectivity index (χ1v) is 11.5. The number of ether oxygens (including phenoxy) is 1. The minimum Gasteiger partial charge on any atom is -0.790 e. The minimum absolute atomic E-state index is 0. The van der Waals surface area contributed by atoms with Crippen molar-refractivity contribution in [2.75, 3.05) is 23.0 Å².